The third-order valence-corrected chi connectivity index (χ3v) is 3.82. The topological polar surface area (TPSA) is 12.9 Å². The van der Waals surface area contributed by atoms with E-state index < -0.39 is 29.3 Å². The van der Waals surface area contributed by atoms with E-state index in [1.54, 1.807) is 0 Å². The predicted octanol–water partition coefficient (Wildman–Crippen LogP) is 6.59. The molecule has 0 aliphatic carbocycles. The molecule has 0 fully saturated rings. The number of halogens is 7. The predicted molar refractivity (Wildman–Crippen MR) is 85.1 cm³/mol. The van der Waals surface area contributed by atoms with Gasteiger partial charge in [0.25, 0.3) is 0 Å². The van der Waals surface area contributed by atoms with E-state index in [0.29, 0.717) is 0 Å². The van der Waals surface area contributed by atoms with Gasteiger partial charge in [-0.15, -0.1) is 0 Å². The van der Waals surface area contributed by atoms with Crippen molar-refractivity contribution in [3.8, 4) is 22.4 Å². The van der Waals surface area contributed by atoms with Crippen LogP contribution in [0.1, 0.15) is 11.1 Å². The number of aromatic nitrogens is 1. The van der Waals surface area contributed by atoms with Crippen LogP contribution in [0.2, 0.25) is 0 Å². The molecular weight excluding hydrogens is 375 g/mol. The molecule has 0 unspecified atom stereocenters. The summed E-state index contributed by atoms with van der Waals surface area (Å²) in [6.45, 7) is 0. The van der Waals surface area contributed by atoms with Crippen LogP contribution < -0.4 is 0 Å². The third kappa shape index (κ3) is 4.10. The van der Waals surface area contributed by atoms with E-state index in [-0.39, 0.29) is 22.4 Å². The zero-order valence-corrected chi connectivity index (χ0v) is 13.4. The molecule has 1 heterocycles. The molecule has 8 heteroatoms. The summed E-state index contributed by atoms with van der Waals surface area (Å²) in [5.41, 5.74) is -2.00. The summed E-state index contributed by atoms with van der Waals surface area (Å²) in [6.07, 6.45) is -8.42. The standard InChI is InChI=1S/C19H10F7N/c20-15-9-16(11-3-1-5-13(7-11)18(21,22)23)17(27-10-15)12-4-2-6-14(8-12)19(24,25)26/h1-10H. The molecule has 0 atom stereocenters. The molecule has 3 rings (SSSR count). The SMILES string of the molecule is Fc1cnc(-c2cccc(C(F)(F)F)c2)c(-c2cccc(C(F)(F)F)c2)c1. The van der Waals surface area contributed by atoms with Crippen molar-refractivity contribution in [3.05, 3.63) is 77.7 Å². The van der Waals surface area contributed by atoms with E-state index in [4.69, 9.17) is 0 Å². The summed E-state index contributed by atoms with van der Waals surface area (Å²) in [5, 5.41) is 0. The van der Waals surface area contributed by atoms with E-state index in [1.165, 1.54) is 12.1 Å². The van der Waals surface area contributed by atoms with Crippen LogP contribution in [0.4, 0.5) is 30.7 Å². The number of hydrogen-bond acceptors (Lipinski definition) is 1. The van der Waals surface area contributed by atoms with Crippen LogP contribution in [0.15, 0.2) is 60.8 Å². The number of alkyl halides is 6. The van der Waals surface area contributed by atoms with Crippen LogP contribution in [0.5, 0.6) is 0 Å². The molecule has 2 aromatic carbocycles. The Labute approximate surface area is 149 Å². The largest absolute Gasteiger partial charge is 0.416 e. The molecule has 0 N–H and O–H groups in total. The van der Waals surface area contributed by atoms with Crippen LogP contribution in [0.25, 0.3) is 22.4 Å². The Balaban J connectivity index is 2.19. The van der Waals surface area contributed by atoms with Gasteiger partial charge < -0.3 is 0 Å². The lowest BCUT2D eigenvalue weighted by Gasteiger charge is -2.13. The third-order valence-electron chi connectivity index (χ3n) is 3.82. The second kappa shape index (κ2) is 6.68. The van der Waals surface area contributed by atoms with Crippen molar-refractivity contribution < 1.29 is 30.7 Å². The molecule has 0 saturated heterocycles. The van der Waals surface area contributed by atoms with Crippen molar-refractivity contribution in [1.29, 1.82) is 0 Å². The van der Waals surface area contributed by atoms with Crippen molar-refractivity contribution in [3.63, 3.8) is 0 Å². The molecular formula is C19H10F7N. The van der Waals surface area contributed by atoms with Crippen LogP contribution in [-0.2, 0) is 12.4 Å². The highest BCUT2D eigenvalue weighted by Crippen LogP contribution is 2.37. The molecule has 0 amide bonds. The quantitative estimate of drug-likeness (QED) is 0.454. The summed E-state index contributed by atoms with van der Waals surface area (Å²) in [4.78, 5) is 3.82. The van der Waals surface area contributed by atoms with Crippen LogP contribution in [0.3, 0.4) is 0 Å². The normalized spacial score (nSPS) is 12.3. The van der Waals surface area contributed by atoms with Crippen LogP contribution in [-0.4, -0.2) is 4.98 Å². The van der Waals surface area contributed by atoms with Gasteiger partial charge in [0.2, 0.25) is 0 Å². The first-order valence-corrected chi connectivity index (χ1v) is 7.56. The van der Waals surface area contributed by atoms with Gasteiger partial charge in [0.1, 0.15) is 5.82 Å². The van der Waals surface area contributed by atoms with Crippen molar-refractivity contribution in [1.82, 2.24) is 4.98 Å². The summed E-state index contributed by atoms with van der Waals surface area (Å²) >= 11 is 0. The number of rotatable bonds is 2. The molecule has 0 aliphatic rings. The Kier molecular flexibility index (Phi) is 4.67. The first-order chi connectivity index (χ1) is 12.6. The van der Waals surface area contributed by atoms with Gasteiger partial charge in [-0.1, -0.05) is 24.3 Å². The van der Waals surface area contributed by atoms with Crippen LogP contribution in [0, 0.1) is 5.82 Å². The van der Waals surface area contributed by atoms with Crippen molar-refractivity contribution in [2.24, 2.45) is 0 Å². The Morgan fingerprint density at radius 3 is 1.74 bits per heavy atom. The van der Waals surface area contributed by atoms with Gasteiger partial charge in [0, 0.05) is 11.1 Å². The fourth-order valence-electron chi connectivity index (χ4n) is 2.60. The van der Waals surface area contributed by atoms with E-state index in [1.807, 2.05) is 0 Å². The minimum atomic E-state index is -4.62. The van der Waals surface area contributed by atoms with E-state index in [2.05, 4.69) is 4.98 Å². The first-order valence-electron chi connectivity index (χ1n) is 7.56. The van der Waals surface area contributed by atoms with Crippen molar-refractivity contribution in [2.75, 3.05) is 0 Å². The Bertz CT molecular complexity index is 974. The van der Waals surface area contributed by atoms with Gasteiger partial charge >= 0.3 is 12.4 Å². The molecule has 3 aromatic rings. The Morgan fingerprint density at radius 1 is 0.667 bits per heavy atom. The smallest absolute Gasteiger partial charge is 0.253 e. The Morgan fingerprint density at radius 2 is 1.19 bits per heavy atom. The zero-order chi connectivity index (χ0) is 19.8. The van der Waals surface area contributed by atoms with Crippen molar-refractivity contribution >= 4 is 0 Å². The highest BCUT2D eigenvalue weighted by molar-refractivity contribution is 5.81. The highest BCUT2D eigenvalue weighted by atomic mass is 19.4. The number of pyridine rings is 1. The van der Waals surface area contributed by atoms with Gasteiger partial charge in [-0.2, -0.15) is 26.3 Å². The number of hydrogen-bond donors (Lipinski definition) is 0. The molecule has 1 nitrogen and oxygen atoms in total. The summed E-state index contributed by atoms with van der Waals surface area (Å²) in [7, 11) is 0. The fraction of sp³-hybridized carbons (Fsp3) is 0.105. The lowest BCUT2D eigenvalue weighted by Crippen LogP contribution is -2.05. The second-order valence-electron chi connectivity index (χ2n) is 5.71. The number of benzene rings is 2. The van der Waals surface area contributed by atoms with Gasteiger partial charge in [0.15, 0.2) is 0 Å². The average Bonchev–Trinajstić information content (AvgIpc) is 2.60. The maximum atomic E-state index is 13.7. The average molecular weight is 385 g/mol. The van der Waals surface area contributed by atoms with Crippen LogP contribution >= 0.6 is 0 Å². The molecule has 0 saturated carbocycles. The van der Waals surface area contributed by atoms with Gasteiger partial charge in [-0.3, -0.25) is 4.98 Å². The van der Waals surface area contributed by atoms with E-state index >= 15 is 0 Å². The minimum Gasteiger partial charge on any atom is -0.253 e. The summed E-state index contributed by atoms with van der Waals surface area (Å²) in [5.74, 6) is -0.821. The van der Waals surface area contributed by atoms with Gasteiger partial charge in [-0.05, 0) is 35.9 Å². The van der Waals surface area contributed by atoms with Gasteiger partial charge in [-0.25, -0.2) is 4.39 Å². The van der Waals surface area contributed by atoms with Gasteiger partial charge in [0.05, 0.1) is 23.0 Å². The molecule has 0 radical (unpaired) electrons. The lowest BCUT2D eigenvalue weighted by atomic mass is 9.97. The lowest BCUT2D eigenvalue weighted by molar-refractivity contribution is -0.138. The summed E-state index contributed by atoms with van der Waals surface area (Å²) in [6, 6.07) is 9.19. The zero-order valence-electron chi connectivity index (χ0n) is 13.4. The maximum absolute atomic E-state index is 13.7. The monoisotopic (exact) mass is 385 g/mol. The molecule has 27 heavy (non-hydrogen) atoms. The molecule has 0 spiro atoms. The molecule has 0 aliphatic heterocycles. The second-order valence-corrected chi connectivity index (χ2v) is 5.71. The van der Waals surface area contributed by atoms with E-state index in [9.17, 15) is 30.7 Å². The van der Waals surface area contributed by atoms with Crippen molar-refractivity contribution in [2.45, 2.75) is 12.4 Å². The van der Waals surface area contributed by atoms with E-state index in [0.717, 1.165) is 48.7 Å². The number of nitrogens with zero attached hydrogens (tertiary/aromatic N) is 1. The highest BCUT2D eigenvalue weighted by Gasteiger charge is 2.32. The minimum absolute atomic E-state index is 0.00997. The molecule has 0 bridgehead atoms. The first kappa shape index (κ1) is 18.9. The molecule has 140 valence electrons. The summed E-state index contributed by atoms with van der Waals surface area (Å²) < 4.78 is 91.4. The fourth-order valence-corrected chi connectivity index (χ4v) is 2.60. The maximum Gasteiger partial charge on any atom is 0.416 e. The Hall–Kier alpha value is -2.90. The molecule has 1 aromatic heterocycles.